The van der Waals surface area contributed by atoms with Crippen LogP contribution in [0.3, 0.4) is 0 Å². The maximum Gasteiger partial charge on any atom is 0.330 e. The minimum absolute atomic E-state index is 0.324. The molecule has 0 rings (SSSR count). The smallest absolute Gasteiger partial charge is 0.330 e. The first-order valence-corrected chi connectivity index (χ1v) is 8.85. The van der Waals surface area contributed by atoms with Crippen molar-refractivity contribution < 1.29 is 18.4 Å². The van der Waals surface area contributed by atoms with Gasteiger partial charge >= 0.3 is 15.3 Å². The predicted octanol–water partition coefficient (Wildman–Crippen LogP) is 2.96. The fourth-order valence-electron chi connectivity index (χ4n) is 1.86. The number of carbonyl (C=O) groups excluding carboxylic acids is 1. The summed E-state index contributed by atoms with van der Waals surface area (Å²) in [6.07, 6.45) is 9.46. The molecule has 0 saturated heterocycles. The summed E-state index contributed by atoms with van der Waals surface area (Å²) in [4.78, 5) is 10.8. The van der Waals surface area contributed by atoms with E-state index in [9.17, 15) is 4.79 Å². The molecule has 0 atom stereocenters. The van der Waals surface area contributed by atoms with Crippen LogP contribution < -0.4 is 0 Å². The molecule has 19 heavy (non-hydrogen) atoms. The largest absolute Gasteiger partial charge is 0.463 e. The van der Waals surface area contributed by atoms with Gasteiger partial charge in [-0.1, -0.05) is 45.1 Å². The number of ether oxygens (including phenoxy) is 1. The summed E-state index contributed by atoms with van der Waals surface area (Å²) in [5.41, 5.74) is 0. The Morgan fingerprint density at radius 1 is 1.00 bits per heavy atom. The van der Waals surface area contributed by atoms with E-state index in [-0.39, 0.29) is 5.97 Å². The lowest BCUT2D eigenvalue weighted by Gasteiger charge is -2.10. The summed E-state index contributed by atoms with van der Waals surface area (Å²) >= 11 is 0. The summed E-state index contributed by atoms with van der Waals surface area (Å²) in [6.45, 7) is 3.87. The number of carbonyl (C=O) groups is 1. The molecule has 0 aromatic heterocycles. The second-order valence-electron chi connectivity index (χ2n) is 4.54. The molecule has 0 aliphatic heterocycles. The minimum Gasteiger partial charge on any atom is -0.463 e. The number of hydrogen-bond donors (Lipinski definition) is 0. The lowest BCUT2D eigenvalue weighted by Crippen LogP contribution is -2.18. The van der Waals surface area contributed by atoms with Crippen LogP contribution in [0.25, 0.3) is 0 Å². The van der Waals surface area contributed by atoms with Gasteiger partial charge in [0, 0.05) is 20.3 Å². The second kappa shape index (κ2) is 13.8. The molecule has 0 aliphatic rings. The van der Waals surface area contributed by atoms with Crippen LogP contribution in [0, 0.1) is 0 Å². The fourth-order valence-corrected chi connectivity index (χ4v) is 3.15. The van der Waals surface area contributed by atoms with E-state index in [1.807, 2.05) is 0 Å². The van der Waals surface area contributed by atoms with Crippen LogP contribution in [0.15, 0.2) is 12.7 Å². The van der Waals surface area contributed by atoms with Crippen LogP contribution in [-0.4, -0.2) is 36.1 Å². The third kappa shape index (κ3) is 12.1. The zero-order valence-electron chi connectivity index (χ0n) is 12.4. The van der Waals surface area contributed by atoms with Crippen LogP contribution in [-0.2, 0) is 18.4 Å². The molecule has 4 nitrogen and oxygen atoms in total. The summed E-state index contributed by atoms with van der Waals surface area (Å²) in [5, 5.41) is 0. The lowest BCUT2D eigenvalue weighted by atomic mass is 10.1. The van der Waals surface area contributed by atoms with Crippen molar-refractivity contribution in [1.82, 2.24) is 0 Å². The van der Waals surface area contributed by atoms with Crippen LogP contribution in [0.2, 0.25) is 6.04 Å². The zero-order chi connectivity index (χ0) is 14.3. The highest BCUT2D eigenvalue weighted by atomic mass is 28.3. The summed E-state index contributed by atoms with van der Waals surface area (Å²) in [5.74, 6) is -0.324. The van der Waals surface area contributed by atoms with Crippen molar-refractivity contribution in [1.29, 1.82) is 0 Å². The Hall–Kier alpha value is -0.653. The molecule has 0 fully saturated rings. The van der Waals surface area contributed by atoms with Gasteiger partial charge in [0.05, 0.1) is 6.61 Å². The summed E-state index contributed by atoms with van der Waals surface area (Å²) in [6, 6.07) is 1.10. The summed E-state index contributed by atoms with van der Waals surface area (Å²) in [7, 11) is 2.14. The van der Waals surface area contributed by atoms with Crippen molar-refractivity contribution in [2.75, 3.05) is 20.8 Å². The van der Waals surface area contributed by atoms with E-state index >= 15 is 0 Å². The first kappa shape index (κ1) is 18.3. The van der Waals surface area contributed by atoms with Gasteiger partial charge in [-0.25, -0.2) is 4.79 Å². The van der Waals surface area contributed by atoms with Crippen LogP contribution in [0.4, 0.5) is 0 Å². The molecule has 112 valence electrons. The van der Waals surface area contributed by atoms with Gasteiger partial charge in [-0.05, 0) is 12.5 Å². The Labute approximate surface area is 119 Å². The fraction of sp³-hybridized carbons (Fsp3) is 0.786. The molecule has 5 heteroatoms. The monoisotopic (exact) mass is 288 g/mol. The van der Waals surface area contributed by atoms with Crippen molar-refractivity contribution in [3.8, 4) is 0 Å². The van der Waals surface area contributed by atoms with E-state index in [0.29, 0.717) is 6.61 Å². The Balaban J connectivity index is 3.14. The van der Waals surface area contributed by atoms with Crippen molar-refractivity contribution in [2.24, 2.45) is 0 Å². The van der Waals surface area contributed by atoms with Gasteiger partial charge in [0.15, 0.2) is 0 Å². The van der Waals surface area contributed by atoms with Crippen LogP contribution in [0.5, 0.6) is 0 Å². The molecule has 0 aliphatic carbocycles. The Morgan fingerprint density at radius 3 is 2.05 bits per heavy atom. The lowest BCUT2D eigenvalue weighted by molar-refractivity contribution is -0.137. The van der Waals surface area contributed by atoms with E-state index in [4.69, 9.17) is 13.6 Å². The zero-order valence-corrected chi connectivity index (χ0v) is 13.5. The maximum absolute atomic E-state index is 10.8. The molecule has 0 aromatic carbocycles. The van der Waals surface area contributed by atoms with Crippen LogP contribution >= 0.6 is 0 Å². The quantitative estimate of drug-likeness (QED) is 0.226. The Kier molecular flexibility index (Phi) is 13.3. The van der Waals surface area contributed by atoms with Crippen molar-refractivity contribution in [2.45, 2.75) is 51.0 Å². The number of rotatable bonds is 13. The minimum atomic E-state index is -1.34. The molecular formula is C14H28O4Si. The molecule has 0 aromatic rings. The predicted molar refractivity (Wildman–Crippen MR) is 79.4 cm³/mol. The Morgan fingerprint density at radius 2 is 1.53 bits per heavy atom. The third-order valence-electron chi connectivity index (χ3n) is 3.02. The van der Waals surface area contributed by atoms with E-state index in [2.05, 4.69) is 6.58 Å². The molecule has 0 saturated carbocycles. The molecular weight excluding hydrogens is 260 g/mol. The van der Waals surface area contributed by atoms with Gasteiger partial charge in [-0.3, -0.25) is 0 Å². The molecule has 0 heterocycles. The first-order valence-electron chi connectivity index (χ1n) is 7.09. The molecule has 0 spiro atoms. The SMILES string of the molecule is C=CC(=O)OCCCCCCCCC[SiH](OC)OC. The molecule has 0 unspecified atom stereocenters. The van der Waals surface area contributed by atoms with Crippen LogP contribution in [0.1, 0.15) is 44.9 Å². The number of hydrogen-bond acceptors (Lipinski definition) is 4. The normalized spacial score (nSPS) is 10.7. The van der Waals surface area contributed by atoms with Gasteiger partial charge in [0.2, 0.25) is 0 Å². The molecule has 0 amide bonds. The highest BCUT2D eigenvalue weighted by molar-refractivity contribution is 6.44. The van der Waals surface area contributed by atoms with Crippen molar-refractivity contribution in [3.63, 3.8) is 0 Å². The number of esters is 1. The second-order valence-corrected chi connectivity index (χ2v) is 6.92. The van der Waals surface area contributed by atoms with E-state index < -0.39 is 9.28 Å². The van der Waals surface area contributed by atoms with E-state index in [1.54, 1.807) is 14.2 Å². The standard InChI is InChI=1S/C14H28O4Si/c1-4-14(15)18-12-10-8-6-5-7-9-11-13-19(16-2)17-3/h4,19H,1,5-13H2,2-3H3. The highest BCUT2D eigenvalue weighted by Gasteiger charge is 2.07. The highest BCUT2D eigenvalue weighted by Crippen LogP contribution is 2.10. The van der Waals surface area contributed by atoms with Gasteiger partial charge in [0.1, 0.15) is 0 Å². The number of unbranched alkanes of at least 4 members (excludes halogenated alkanes) is 6. The average Bonchev–Trinajstić information content (AvgIpc) is 2.44. The van der Waals surface area contributed by atoms with Gasteiger partial charge < -0.3 is 13.6 Å². The first-order chi connectivity index (χ1) is 9.24. The third-order valence-corrected chi connectivity index (χ3v) is 4.95. The molecule has 0 radical (unpaired) electrons. The van der Waals surface area contributed by atoms with E-state index in [0.717, 1.165) is 18.9 Å². The van der Waals surface area contributed by atoms with Gasteiger partial charge in [-0.15, -0.1) is 0 Å². The van der Waals surface area contributed by atoms with Gasteiger partial charge in [-0.2, -0.15) is 0 Å². The molecule has 0 N–H and O–H groups in total. The molecule has 0 bridgehead atoms. The Bertz CT molecular complexity index is 229. The van der Waals surface area contributed by atoms with Crippen molar-refractivity contribution in [3.05, 3.63) is 12.7 Å². The topological polar surface area (TPSA) is 44.8 Å². The van der Waals surface area contributed by atoms with E-state index in [1.165, 1.54) is 38.2 Å². The average molecular weight is 288 g/mol. The van der Waals surface area contributed by atoms with Gasteiger partial charge in [0.25, 0.3) is 0 Å². The summed E-state index contributed by atoms with van der Waals surface area (Å²) < 4.78 is 15.4. The maximum atomic E-state index is 10.8. The van der Waals surface area contributed by atoms with Crippen molar-refractivity contribution >= 4 is 15.3 Å².